The van der Waals surface area contributed by atoms with Crippen LogP contribution in [0.15, 0.2) is 104 Å². The van der Waals surface area contributed by atoms with Crippen molar-refractivity contribution in [1.29, 1.82) is 0 Å². The van der Waals surface area contributed by atoms with Gasteiger partial charge >= 0.3 is 0 Å². The molecule has 0 fully saturated rings. The van der Waals surface area contributed by atoms with Crippen molar-refractivity contribution in [1.82, 2.24) is 10.2 Å². The molecule has 3 aromatic carbocycles. The fourth-order valence-corrected chi connectivity index (χ4v) is 7.01. The zero-order valence-corrected chi connectivity index (χ0v) is 25.0. The van der Waals surface area contributed by atoms with Crippen molar-refractivity contribution in [2.24, 2.45) is 0 Å². The Bertz CT molecular complexity index is 1600. The molecule has 1 N–H and O–H groups in total. The van der Waals surface area contributed by atoms with Crippen LogP contribution < -0.4 is 5.32 Å². The van der Waals surface area contributed by atoms with E-state index in [2.05, 4.69) is 60.4 Å². The van der Waals surface area contributed by atoms with Crippen molar-refractivity contribution in [3.63, 3.8) is 0 Å². The fraction of sp³-hybridized carbons (Fsp3) is 0.125. The van der Waals surface area contributed by atoms with Crippen molar-refractivity contribution >= 4 is 84.9 Å². The van der Waals surface area contributed by atoms with Gasteiger partial charge in [0.25, 0.3) is 0 Å². The predicted molar refractivity (Wildman–Crippen MR) is 176 cm³/mol. The molecule has 4 nitrogen and oxygen atoms in total. The van der Waals surface area contributed by atoms with E-state index in [1.165, 1.54) is 52.0 Å². The molecule has 0 unspecified atom stereocenters. The minimum atomic E-state index is -0.0440. The highest BCUT2D eigenvalue weighted by Crippen LogP contribution is 2.26. The van der Waals surface area contributed by atoms with Gasteiger partial charge in [-0.2, -0.15) is 0 Å². The number of benzene rings is 3. The van der Waals surface area contributed by atoms with Gasteiger partial charge in [-0.05, 0) is 65.7 Å². The molecule has 3 radical (unpaired) electrons. The number of thiophene rings is 3. The van der Waals surface area contributed by atoms with E-state index in [9.17, 15) is 9.59 Å². The molecule has 0 saturated heterocycles. The normalized spacial score (nSPS) is 10.2. The van der Waals surface area contributed by atoms with Crippen molar-refractivity contribution in [2.45, 2.75) is 13.1 Å². The van der Waals surface area contributed by atoms with Crippen molar-refractivity contribution in [3.05, 3.63) is 118 Å². The van der Waals surface area contributed by atoms with Crippen molar-refractivity contribution in [3.8, 4) is 0 Å². The molecule has 0 aliphatic heterocycles. The summed E-state index contributed by atoms with van der Waals surface area (Å²) in [7, 11) is 3.76. The van der Waals surface area contributed by atoms with Crippen LogP contribution in [0.3, 0.4) is 0 Å². The summed E-state index contributed by atoms with van der Waals surface area (Å²) in [5.41, 5.74) is 0. The first-order valence-corrected chi connectivity index (χ1v) is 14.9. The average Bonchev–Trinajstić information content (AvgIpc) is 3.68. The second kappa shape index (κ2) is 15.3. The Labute approximate surface area is 249 Å². The van der Waals surface area contributed by atoms with Gasteiger partial charge in [-0.3, -0.25) is 9.59 Å². The van der Waals surface area contributed by atoms with Gasteiger partial charge in [0.05, 0.1) is 11.4 Å². The molecule has 8 heteroatoms. The monoisotopic (exact) mass is 581 g/mol. The summed E-state index contributed by atoms with van der Waals surface area (Å²) in [6.45, 7) is 5.09. The summed E-state index contributed by atoms with van der Waals surface area (Å²) in [5.74, 6) is -0.0440. The van der Waals surface area contributed by atoms with Crippen LogP contribution in [0.5, 0.6) is 0 Å². The standard InChI is InChI=1S/C13H13NOS.C10H11NS.C9H6OS.B/c1-3-13(15)14(2)9-11-8-10-6-4-5-7-12(10)16-11;1-11-7-9-6-8-4-2-3-5-10(8)12-9;10-6-8-5-7-3-1-2-4-9(7)11-8;/h3-8H,1,9H2,2H3;2-6,11H,7H2,1H3;1-6H;. The minimum absolute atomic E-state index is 0. The van der Waals surface area contributed by atoms with Crippen LogP contribution in [0.25, 0.3) is 30.3 Å². The number of hydrogen-bond acceptors (Lipinski definition) is 6. The third-order valence-corrected chi connectivity index (χ3v) is 9.07. The van der Waals surface area contributed by atoms with E-state index >= 15 is 0 Å². The Morgan fingerprint density at radius 2 is 1.27 bits per heavy atom. The van der Waals surface area contributed by atoms with Crippen LogP contribution in [0, 0.1) is 0 Å². The van der Waals surface area contributed by atoms with Crippen LogP contribution in [-0.4, -0.2) is 39.6 Å². The smallest absolute Gasteiger partial charge is 0.246 e. The van der Waals surface area contributed by atoms with Gasteiger partial charge in [-0.15, -0.1) is 34.0 Å². The molecule has 0 atom stereocenters. The molecule has 1 amide bonds. The highest BCUT2D eigenvalue weighted by Gasteiger charge is 2.07. The molecule has 40 heavy (non-hydrogen) atoms. The average molecular weight is 582 g/mol. The summed E-state index contributed by atoms with van der Waals surface area (Å²) < 4.78 is 3.81. The minimum Gasteiger partial charge on any atom is -0.337 e. The first-order chi connectivity index (χ1) is 19.0. The molecule has 6 aromatic rings. The molecule has 201 valence electrons. The molecule has 3 aromatic heterocycles. The zero-order valence-electron chi connectivity index (χ0n) is 22.5. The number of aldehydes is 1. The lowest BCUT2D eigenvalue weighted by Gasteiger charge is -2.12. The predicted octanol–water partition coefficient (Wildman–Crippen LogP) is 8.00. The summed E-state index contributed by atoms with van der Waals surface area (Å²) in [4.78, 5) is 26.8. The van der Waals surface area contributed by atoms with Crippen molar-refractivity contribution in [2.75, 3.05) is 14.1 Å². The van der Waals surface area contributed by atoms with E-state index in [0.29, 0.717) is 6.54 Å². The van der Waals surface area contributed by atoms with E-state index in [1.54, 1.807) is 23.3 Å². The molecule has 0 aliphatic carbocycles. The van der Waals surface area contributed by atoms with E-state index in [4.69, 9.17) is 0 Å². The summed E-state index contributed by atoms with van der Waals surface area (Å²) in [6.07, 6.45) is 2.23. The molecular formula is C32H30BN2O2S3. The number of nitrogens with zero attached hydrogens (tertiary/aromatic N) is 1. The Balaban J connectivity index is 0.000000167. The van der Waals surface area contributed by atoms with Crippen molar-refractivity contribution < 1.29 is 9.59 Å². The Morgan fingerprint density at radius 1 is 0.800 bits per heavy atom. The van der Waals surface area contributed by atoms with Gasteiger partial charge in [-0.25, -0.2) is 0 Å². The Kier molecular flexibility index (Phi) is 11.8. The quantitative estimate of drug-likeness (QED) is 0.123. The van der Waals surface area contributed by atoms with Gasteiger partial charge in [0.1, 0.15) is 0 Å². The van der Waals surface area contributed by atoms with Crippen LogP contribution in [0.4, 0.5) is 0 Å². The van der Waals surface area contributed by atoms with Crippen LogP contribution in [0.2, 0.25) is 0 Å². The molecular weight excluding hydrogens is 551 g/mol. The summed E-state index contributed by atoms with van der Waals surface area (Å²) in [5, 5.41) is 6.90. The lowest BCUT2D eigenvalue weighted by atomic mass is 10.2. The number of carbonyl (C=O) groups is 2. The van der Waals surface area contributed by atoms with E-state index in [-0.39, 0.29) is 14.3 Å². The number of rotatable bonds is 6. The lowest BCUT2D eigenvalue weighted by molar-refractivity contribution is -0.125. The second-order valence-electron chi connectivity index (χ2n) is 8.73. The van der Waals surface area contributed by atoms with Gasteiger partial charge in [0, 0.05) is 45.9 Å². The maximum absolute atomic E-state index is 11.3. The number of amides is 1. The molecule has 0 aliphatic rings. The zero-order chi connectivity index (χ0) is 27.6. The van der Waals surface area contributed by atoms with E-state index < -0.39 is 0 Å². The molecule has 0 saturated carbocycles. The van der Waals surface area contributed by atoms with Crippen LogP contribution >= 0.6 is 34.0 Å². The molecule has 0 bridgehead atoms. The summed E-state index contributed by atoms with van der Waals surface area (Å²) in [6, 6.07) is 31.0. The number of hydrogen-bond donors (Lipinski definition) is 1. The Morgan fingerprint density at radius 3 is 1.75 bits per heavy atom. The Hall–Kier alpha value is -3.56. The van der Waals surface area contributed by atoms with E-state index in [1.807, 2.05) is 60.8 Å². The topological polar surface area (TPSA) is 49.4 Å². The first-order valence-electron chi connectivity index (χ1n) is 12.4. The molecule has 6 rings (SSSR count). The van der Waals surface area contributed by atoms with Gasteiger partial charge in [0.2, 0.25) is 5.91 Å². The second-order valence-corrected chi connectivity index (χ2v) is 12.2. The van der Waals surface area contributed by atoms with Gasteiger partial charge < -0.3 is 10.2 Å². The number of nitrogens with one attached hydrogen (secondary N) is 1. The number of carbonyl (C=O) groups excluding carboxylic acids is 2. The maximum atomic E-state index is 11.3. The summed E-state index contributed by atoms with van der Waals surface area (Å²) >= 11 is 5.11. The number of fused-ring (bicyclic) bond motifs is 3. The number of likely N-dealkylation sites (N-methyl/N-ethyl adjacent to an activating group) is 1. The van der Waals surface area contributed by atoms with Gasteiger partial charge in [-0.1, -0.05) is 61.2 Å². The molecule has 3 heterocycles. The lowest BCUT2D eigenvalue weighted by Crippen LogP contribution is -2.23. The first kappa shape index (κ1) is 31.0. The van der Waals surface area contributed by atoms with Crippen LogP contribution in [-0.2, 0) is 17.9 Å². The van der Waals surface area contributed by atoms with Crippen LogP contribution in [0.1, 0.15) is 19.4 Å². The third-order valence-electron chi connectivity index (χ3n) is 5.81. The maximum Gasteiger partial charge on any atom is 0.246 e. The highest BCUT2D eigenvalue weighted by atomic mass is 32.1. The third kappa shape index (κ3) is 8.22. The SMILES string of the molecule is C=CC(=O)N(C)Cc1cc2ccccc2s1.CNCc1cc2ccccc2s1.O=Cc1cc2ccccc2s1.[B]. The fourth-order valence-electron chi connectivity index (χ4n) is 3.94. The largest absolute Gasteiger partial charge is 0.337 e. The molecule has 0 spiro atoms. The highest BCUT2D eigenvalue weighted by molar-refractivity contribution is 7.20. The van der Waals surface area contributed by atoms with E-state index in [0.717, 1.165) is 23.1 Å². The van der Waals surface area contributed by atoms with Gasteiger partial charge in [0.15, 0.2) is 6.29 Å².